The Bertz CT molecular complexity index is 1020. The molecule has 29 heavy (non-hydrogen) atoms. The Morgan fingerprint density at radius 1 is 1.14 bits per heavy atom. The quantitative estimate of drug-likeness (QED) is 0.246. The minimum absolute atomic E-state index is 0.0660. The van der Waals surface area contributed by atoms with Gasteiger partial charge in [0.1, 0.15) is 11.5 Å². The van der Waals surface area contributed by atoms with Crippen LogP contribution in [0.15, 0.2) is 48.2 Å². The van der Waals surface area contributed by atoms with E-state index in [0.29, 0.717) is 22.6 Å². The van der Waals surface area contributed by atoms with Crippen LogP contribution in [0.1, 0.15) is 48.0 Å². The van der Waals surface area contributed by atoms with Gasteiger partial charge >= 0.3 is 5.97 Å². The normalized spacial score (nSPS) is 17.7. The zero-order valence-corrected chi connectivity index (χ0v) is 15.6. The molecule has 4 rings (SSSR count). The molecular weight excluding hydrogens is 374 g/mol. The molecule has 1 aliphatic carbocycles. The molecule has 0 amide bonds. The van der Waals surface area contributed by atoms with E-state index in [0.717, 1.165) is 32.1 Å². The highest BCUT2D eigenvalue weighted by atomic mass is 16.6. The van der Waals surface area contributed by atoms with Crippen LogP contribution in [0.3, 0.4) is 0 Å². The summed E-state index contributed by atoms with van der Waals surface area (Å²) in [5.41, 5.74) is 0.776. The lowest BCUT2D eigenvalue weighted by molar-refractivity contribution is -0.384. The van der Waals surface area contributed by atoms with E-state index in [2.05, 4.69) is 0 Å². The van der Waals surface area contributed by atoms with Crippen molar-refractivity contribution in [3.8, 4) is 11.5 Å². The van der Waals surface area contributed by atoms with Gasteiger partial charge in [0.05, 0.1) is 16.4 Å². The number of hydrogen-bond donors (Lipinski definition) is 0. The zero-order valence-electron chi connectivity index (χ0n) is 15.6. The molecular formula is C22H19NO6. The highest BCUT2D eigenvalue weighted by Crippen LogP contribution is 2.35. The van der Waals surface area contributed by atoms with Crippen LogP contribution in [-0.4, -0.2) is 16.7 Å². The van der Waals surface area contributed by atoms with Crippen molar-refractivity contribution >= 4 is 23.5 Å². The Balaban J connectivity index is 1.51. The van der Waals surface area contributed by atoms with Crippen molar-refractivity contribution in [3.05, 3.63) is 69.5 Å². The molecule has 0 radical (unpaired) electrons. The van der Waals surface area contributed by atoms with Gasteiger partial charge in [-0.25, -0.2) is 0 Å². The Kier molecular flexibility index (Phi) is 5.12. The number of nitro groups is 1. The lowest BCUT2D eigenvalue weighted by Crippen LogP contribution is -2.22. The van der Waals surface area contributed by atoms with Gasteiger partial charge < -0.3 is 9.47 Å². The van der Waals surface area contributed by atoms with Gasteiger partial charge in [0, 0.05) is 18.2 Å². The van der Waals surface area contributed by atoms with Gasteiger partial charge in [-0.15, -0.1) is 0 Å². The monoisotopic (exact) mass is 393 g/mol. The molecule has 0 atom stereocenters. The largest absolute Gasteiger partial charge is 0.452 e. The van der Waals surface area contributed by atoms with E-state index in [-0.39, 0.29) is 29.1 Å². The van der Waals surface area contributed by atoms with Crippen LogP contribution in [0, 0.1) is 16.0 Å². The highest BCUT2D eigenvalue weighted by molar-refractivity contribution is 6.14. The number of carbonyl (C=O) groups excluding carboxylic acids is 2. The first-order chi connectivity index (χ1) is 14.0. The summed E-state index contributed by atoms with van der Waals surface area (Å²) < 4.78 is 11.1. The second-order valence-electron chi connectivity index (χ2n) is 7.21. The molecule has 1 fully saturated rings. The SMILES string of the molecule is O=C1C(=Cc2cccc([N+](=O)[O-])c2)Oc2cc(OC(=O)C3CCCCC3)ccc21. The number of fused-ring (bicyclic) bond motifs is 1. The molecule has 0 N–H and O–H groups in total. The van der Waals surface area contributed by atoms with E-state index >= 15 is 0 Å². The first kappa shape index (κ1) is 18.9. The second-order valence-corrected chi connectivity index (χ2v) is 7.21. The van der Waals surface area contributed by atoms with Crippen LogP contribution in [0.5, 0.6) is 11.5 Å². The molecule has 0 spiro atoms. The number of hydrogen-bond acceptors (Lipinski definition) is 6. The van der Waals surface area contributed by atoms with Crippen LogP contribution in [-0.2, 0) is 4.79 Å². The maximum atomic E-state index is 12.6. The van der Waals surface area contributed by atoms with Gasteiger partial charge in [-0.3, -0.25) is 19.7 Å². The Morgan fingerprint density at radius 2 is 1.93 bits per heavy atom. The number of nitrogens with zero attached hydrogens (tertiary/aromatic N) is 1. The summed E-state index contributed by atoms with van der Waals surface area (Å²) in [4.78, 5) is 35.3. The fourth-order valence-corrected chi connectivity index (χ4v) is 3.65. The minimum Gasteiger partial charge on any atom is -0.452 e. The molecule has 2 aromatic carbocycles. The summed E-state index contributed by atoms with van der Waals surface area (Å²) in [5.74, 6) is 0.0579. The van der Waals surface area contributed by atoms with Crippen molar-refractivity contribution in [3.63, 3.8) is 0 Å². The molecule has 0 unspecified atom stereocenters. The maximum absolute atomic E-state index is 12.6. The fourth-order valence-electron chi connectivity index (χ4n) is 3.65. The fraction of sp³-hybridized carbons (Fsp3) is 0.273. The molecule has 1 saturated carbocycles. The standard InChI is InChI=1S/C22H19NO6/c24-21-18-10-9-17(28-22(25)15-6-2-1-3-7-15)13-19(18)29-20(21)12-14-5-4-8-16(11-14)23(26)27/h4-5,8-13,15H,1-3,6-7H2. The first-order valence-electron chi connectivity index (χ1n) is 9.56. The van der Waals surface area contributed by atoms with Crippen molar-refractivity contribution in [2.24, 2.45) is 5.92 Å². The molecule has 148 valence electrons. The number of rotatable bonds is 4. The third kappa shape index (κ3) is 4.03. The summed E-state index contributed by atoms with van der Waals surface area (Å²) in [6, 6.07) is 10.6. The summed E-state index contributed by atoms with van der Waals surface area (Å²) in [6.45, 7) is 0. The number of allylic oxidation sites excluding steroid dienone is 1. The molecule has 0 bridgehead atoms. The third-order valence-corrected chi connectivity index (χ3v) is 5.18. The van der Waals surface area contributed by atoms with Crippen molar-refractivity contribution in [1.29, 1.82) is 0 Å². The lowest BCUT2D eigenvalue weighted by Gasteiger charge is -2.19. The molecule has 1 aliphatic heterocycles. The second kappa shape index (κ2) is 7.87. The van der Waals surface area contributed by atoms with Gasteiger partial charge in [0.15, 0.2) is 5.76 Å². The van der Waals surface area contributed by atoms with Crippen molar-refractivity contribution in [2.45, 2.75) is 32.1 Å². The highest BCUT2D eigenvalue weighted by Gasteiger charge is 2.29. The summed E-state index contributed by atoms with van der Waals surface area (Å²) in [7, 11) is 0. The number of ketones is 1. The number of Topliss-reactive ketones (excluding diaryl/α,β-unsaturated/α-hetero) is 1. The number of esters is 1. The van der Waals surface area contributed by atoms with Crippen LogP contribution >= 0.6 is 0 Å². The Morgan fingerprint density at radius 3 is 2.69 bits per heavy atom. The van der Waals surface area contributed by atoms with Crippen molar-refractivity contribution in [2.75, 3.05) is 0 Å². The van der Waals surface area contributed by atoms with Gasteiger partial charge in [0.2, 0.25) is 5.78 Å². The van der Waals surface area contributed by atoms with Crippen molar-refractivity contribution < 1.29 is 24.0 Å². The summed E-state index contributed by atoms with van der Waals surface area (Å²) in [5, 5.41) is 10.9. The number of non-ortho nitro benzene ring substituents is 1. The summed E-state index contributed by atoms with van der Waals surface area (Å²) >= 11 is 0. The average Bonchev–Trinajstić information content (AvgIpc) is 3.03. The minimum atomic E-state index is -0.499. The van der Waals surface area contributed by atoms with Gasteiger partial charge in [0.25, 0.3) is 5.69 Å². The van der Waals surface area contributed by atoms with Crippen LogP contribution < -0.4 is 9.47 Å². The molecule has 1 heterocycles. The predicted molar refractivity (Wildman–Crippen MR) is 105 cm³/mol. The first-order valence-corrected chi connectivity index (χ1v) is 9.56. The van der Waals surface area contributed by atoms with Crippen LogP contribution in [0.4, 0.5) is 5.69 Å². The number of ether oxygens (including phenoxy) is 2. The Hall–Kier alpha value is -3.48. The average molecular weight is 393 g/mol. The predicted octanol–water partition coefficient (Wildman–Crippen LogP) is 4.70. The van der Waals surface area contributed by atoms with Gasteiger partial charge in [-0.05, 0) is 36.6 Å². The van der Waals surface area contributed by atoms with E-state index in [9.17, 15) is 19.7 Å². The zero-order chi connectivity index (χ0) is 20.4. The van der Waals surface area contributed by atoms with Crippen LogP contribution in [0.2, 0.25) is 0 Å². The van der Waals surface area contributed by atoms with E-state index in [4.69, 9.17) is 9.47 Å². The molecule has 2 aromatic rings. The number of benzene rings is 2. The smallest absolute Gasteiger partial charge is 0.314 e. The molecule has 2 aliphatic rings. The third-order valence-electron chi connectivity index (χ3n) is 5.18. The van der Waals surface area contributed by atoms with Gasteiger partial charge in [-0.2, -0.15) is 0 Å². The maximum Gasteiger partial charge on any atom is 0.314 e. The van der Waals surface area contributed by atoms with E-state index in [1.807, 2.05) is 0 Å². The summed E-state index contributed by atoms with van der Waals surface area (Å²) in [6.07, 6.45) is 6.37. The van der Waals surface area contributed by atoms with Crippen molar-refractivity contribution in [1.82, 2.24) is 0 Å². The topological polar surface area (TPSA) is 95.7 Å². The van der Waals surface area contributed by atoms with Crippen LogP contribution in [0.25, 0.3) is 6.08 Å². The molecule has 7 heteroatoms. The number of nitro benzene ring substituents is 1. The Labute approximate surface area is 167 Å². The molecule has 0 saturated heterocycles. The van der Waals surface area contributed by atoms with Gasteiger partial charge in [-0.1, -0.05) is 31.4 Å². The van der Waals surface area contributed by atoms with E-state index < -0.39 is 4.92 Å². The van der Waals surface area contributed by atoms with E-state index in [1.54, 1.807) is 24.3 Å². The molecule has 0 aromatic heterocycles. The lowest BCUT2D eigenvalue weighted by atomic mass is 9.89. The van der Waals surface area contributed by atoms with E-state index in [1.165, 1.54) is 24.3 Å². The molecule has 7 nitrogen and oxygen atoms in total. The number of carbonyl (C=O) groups is 2.